The SMILES string of the molecule is CCCCN1C(=CC=CC=Cc2n(CC)c3cc(Cl)c(Cl)cc3[n+]2CCCC)N(CC)c2cc(Cl)c(Cl)cc21. The average Bonchev–Trinajstić information content (AvgIpc) is 3.36. The first-order valence-electron chi connectivity index (χ1n) is 13.9. The molecule has 0 atom stereocenters. The molecule has 0 fully saturated rings. The number of nitrogens with zero attached hydrogens (tertiary/aromatic N) is 4. The lowest BCUT2D eigenvalue weighted by atomic mass is 10.2. The molecule has 0 radical (unpaired) electrons. The number of benzene rings is 2. The summed E-state index contributed by atoms with van der Waals surface area (Å²) in [4.78, 5) is 4.64. The van der Waals surface area contributed by atoms with Gasteiger partial charge >= 0.3 is 0 Å². The quantitative estimate of drug-likeness (QED) is 0.159. The highest BCUT2D eigenvalue weighted by Gasteiger charge is 2.30. The van der Waals surface area contributed by atoms with Crippen molar-refractivity contribution < 1.29 is 4.57 Å². The molecule has 0 saturated carbocycles. The summed E-state index contributed by atoms with van der Waals surface area (Å²) in [5, 5.41) is 2.32. The largest absolute Gasteiger partial charge is 0.326 e. The van der Waals surface area contributed by atoms with Crippen molar-refractivity contribution in [2.45, 2.75) is 66.5 Å². The maximum Gasteiger partial charge on any atom is 0.282 e. The van der Waals surface area contributed by atoms with E-state index in [-0.39, 0.29) is 0 Å². The molecule has 0 amide bonds. The maximum absolute atomic E-state index is 6.41. The number of imidazole rings is 1. The lowest BCUT2D eigenvalue weighted by Crippen LogP contribution is -2.36. The number of halogens is 4. The van der Waals surface area contributed by atoms with Crippen LogP contribution in [0.2, 0.25) is 20.1 Å². The summed E-state index contributed by atoms with van der Waals surface area (Å²) in [7, 11) is 0. The van der Waals surface area contributed by atoms with Gasteiger partial charge in [0.2, 0.25) is 0 Å². The summed E-state index contributed by atoms with van der Waals surface area (Å²) in [5.74, 6) is 2.27. The number of rotatable bonds is 11. The number of hydrogen-bond acceptors (Lipinski definition) is 2. The molecule has 1 aliphatic heterocycles. The number of allylic oxidation sites excluding steroid dienone is 4. The third-order valence-corrected chi connectivity index (χ3v) is 8.56. The minimum Gasteiger partial charge on any atom is -0.326 e. The van der Waals surface area contributed by atoms with Gasteiger partial charge in [0.1, 0.15) is 5.82 Å². The van der Waals surface area contributed by atoms with Crippen LogP contribution in [0.15, 0.2) is 54.4 Å². The van der Waals surface area contributed by atoms with E-state index < -0.39 is 0 Å². The van der Waals surface area contributed by atoms with Gasteiger partial charge in [-0.1, -0.05) is 91.3 Å². The second-order valence-electron chi connectivity index (χ2n) is 9.64. The molecule has 4 rings (SSSR count). The highest BCUT2D eigenvalue weighted by molar-refractivity contribution is 6.43. The third kappa shape index (κ3) is 6.15. The van der Waals surface area contributed by atoms with E-state index in [1.165, 1.54) is 0 Å². The van der Waals surface area contributed by atoms with Gasteiger partial charge in [0.15, 0.2) is 11.0 Å². The fourth-order valence-corrected chi connectivity index (χ4v) is 5.81. The predicted octanol–water partition coefficient (Wildman–Crippen LogP) is 9.92. The van der Waals surface area contributed by atoms with Crippen molar-refractivity contribution in [3.63, 3.8) is 0 Å². The van der Waals surface area contributed by atoms with Crippen LogP contribution in [0.5, 0.6) is 0 Å². The summed E-state index contributed by atoms with van der Waals surface area (Å²) in [5.41, 5.74) is 4.41. The van der Waals surface area contributed by atoms with Crippen LogP contribution in [0.1, 0.15) is 59.2 Å². The number of fused-ring (bicyclic) bond motifs is 2. The van der Waals surface area contributed by atoms with Gasteiger partial charge in [0.05, 0.1) is 44.6 Å². The fourth-order valence-electron chi connectivity index (χ4n) is 5.18. The van der Waals surface area contributed by atoms with Crippen LogP contribution in [0.25, 0.3) is 17.1 Å². The van der Waals surface area contributed by atoms with E-state index in [2.05, 4.69) is 77.0 Å². The van der Waals surface area contributed by atoms with Gasteiger partial charge in [-0.15, -0.1) is 0 Å². The van der Waals surface area contributed by atoms with Crippen molar-refractivity contribution >= 4 is 74.9 Å². The van der Waals surface area contributed by atoms with Gasteiger partial charge in [0, 0.05) is 31.3 Å². The van der Waals surface area contributed by atoms with Gasteiger partial charge in [-0.05, 0) is 44.9 Å². The molecule has 2 aromatic carbocycles. The van der Waals surface area contributed by atoms with Crippen molar-refractivity contribution in [2.24, 2.45) is 0 Å². The topological polar surface area (TPSA) is 15.3 Å². The van der Waals surface area contributed by atoms with Crippen LogP contribution >= 0.6 is 46.4 Å². The highest BCUT2D eigenvalue weighted by atomic mass is 35.5. The highest BCUT2D eigenvalue weighted by Crippen LogP contribution is 2.45. The van der Waals surface area contributed by atoms with Crippen LogP contribution in [-0.2, 0) is 13.1 Å². The molecule has 0 unspecified atom stereocenters. The Morgan fingerprint density at radius 1 is 0.718 bits per heavy atom. The molecule has 3 aromatic rings. The Kier molecular flexibility index (Phi) is 10.3. The molecule has 2 heterocycles. The van der Waals surface area contributed by atoms with Crippen LogP contribution in [0, 0.1) is 0 Å². The molecule has 0 aliphatic carbocycles. The predicted molar refractivity (Wildman–Crippen MR) is 171 cm³/mol. The average molecular weight is 607 g/mol. The Labute approximate surface area is 252 Å². The molecule has 1 aromatic heterocycles. The second kappa shape index (κ2) is 13.5. The molecule has 0 bridgehead atoms. The second-order valence-corrected chi connectivity index (χ2v) is 11.3. The number of anilines is 2. The van der Waals surface area contributed by atoms with E-state index in [1.54, 1.807) is 0 Å². The number of hydrogen-bond donors (Lipinski definition) is 0. The van der Waals surface area contributed by atoms with Gasteiger partial charge < -0.3 is 9.80 Å². The molecule has 0 saturated heterocycles. The first-order chi connectivity index (χ1) is 18.9. The first-order valence-corrected chi connectivity index (χ1v) is 15.4. The fraction of sp³-hybridized carbons (Fsp3) is 0.387. The molecular formula is C31H37Cl4N4+. The molecule has 4 nitrogen and oxygen atoms in total. The van der Waals surface area contributed by atoms with Crippen LogP contribution < -0.4 is 14.4 Å². The number of aryl methyl sites for hydroxylation is 2. The van der Waals surface area contributed by atoms with E-state index >= 15 is 0 Å². The molecule has 208 valence electrons. The molecule has 39 heavy (non-hydrogen) atoms. The van der Waals surface area contributed by atoms with Crippen molar-refractivity contribution in [3.8, 4) is 0 Å². The molecule has 0 spiro atoms. The normalized spacial score (nSPS) is 14.7. The zero-order valence-corrected chi connectivity index (χ0v) is 26.2. The van der Waals surface area contributed by atoms with Gasteiger partial charge in [-0.3, -0.25) is 0 Å². The van der Waals surface area contributed by atoms with E-state index in [0.717, 1.165) is 85.9 Å². The Morgan fingerprint density at radius 2 is 1.36 bits per heavy atom. The van der Waals surface area contributed by atoms with E-state index in [1.807, 2.05) is 24.3 Å². The maximum atomic E-state index is 6.41. The van der Waals surface area contributed by atoms with E-state index in [4.69, 9.17) is 46.4 Å². The monoisotopic (exact) mass is 605 g/mol. The Hall–Kier alpha value is -2.11. The van der Waals surface area contributed by atoms with Crippen molar-refractivity contribution in [3.05, 3.63) is 80.3 Å². The minimum atomic E-state index is 0.578. The van der Waals surface area contributed by atoms with Gasteiger partial charge in [0.25, 0.3) is 5.82 Å². The van der Waals surface area contributed by atoms with Crippen LogP contribution in [0.4, 0.5) is 11.4 Å². The van der Waals surface area contributed by atoms with Crippen LogP contribution in [-0.4, -0.2) is 17.7 Å². The third-order valence-electron chi connectivity index (χ3n) is 7.12. The van der Waals surface area contributed by atoms with Crippen molar-refractivity contribution in [1.29, 1.82) is 0 Å². The summed E-state index contributed by atoms with van der Waals surface area (Å²) in [6.07, 6.45) is 15.0. The van der Waals surface area contributed by atoms with E-state index in [9.17, 15) is 0 Å². The lowest BCUT2D eigenvalue weighted by Gasteiger charge is -2.24. The van der Waals surface area contributed by atoms with Gasteiger partial charge in [-0.2, -0.15) is 0 Å². The minimum absolute atomic E-state index is 0.578. The van der Waals surface area contributed by atoms with Gasteiger partial charge in [-0.25, -0.2) is 9.13 Å². The smallest absolute Gasteiger partial charge is 0.282 e. The zero-order valence-electron chi connectivity index (χ0n) is 23.2. The number of unbranched alkanes of at least 4 members (excludes halogenated alkanes) is 2. The number of aromatic nitrogens is 2. The zero-order chi connectivity index (χ0) is 28.1. The standard InChI is InChI=1S/C31H37Cl4N4/c1-5-9-16-38-28-20-24(34)22(32)18-26(28)36(7-3)30(38)14-12-11-13-15-31-37(8-4)27-19-23(33)25(35)21-29(27)39(31)17-10-6-2/h11-15,18-21H,5-10,16-17H2,1-4H3/q+1. The summed E-state index contributed by atoms with van der Waals surface area (Å²) in [6.45, 7) is 12.3. The molecule has 1 aliphatic rings. The Bertz CT molecular complexity index is 1420. The Balaban J connectivity index is 1.68. The Morgan fingerprint density at radius 3 is 2.00 bits per heavy atom. The molecule has 0 N–H and O–H groups in total. The molecular weight excluding hydrogens is 570 g/mol. The summed E-state index contributed by atoms with van der Waals surface area (Å²) < 4.78 is 4.64. The van der Waals surface area contributed by atoms with Crippen molar-refractivity contribution in [2.75, 3.05) is 22.9 Å². The summed E-state index contributed by atoms with van der Waals surface area (Å²) in [6, 6.07) is 7.92. The van der Waals surface area contributed by atoms with Crippen molar-refractivity contribution in [1.82, 2.24) is 4.57 Å². The van der Waals surface area contributed by atoms with Crippen LogP contribution in [0.3, 0.4) is 0 Å². The lowest BCUT2D eigenvalue weighted by molar-refractivity contribution is -0.674. The molecule has 8 heteroatoms. The van der Waals surface area contributed by atoms with E-state index in [0.29, 0.717) is 20.1 Å². The first kappa shape index (κ1) is 29.9. The summed E-state index contributed by atoms with van der Waals surface area (Å²) >= 11 is 25.6.